The molecule has 2 rings (SSSR count). The van der Waals surface area contributed by atoms with Crippen molar-refractivity contribution in [1.29, 1.82) is 0 Å². The van der Waals surface area contributed by atoms with Gasteiger partial charge in [-0.3, -0.25) is 9.59 Å². The van der Waals surface area contributed by atoms with Crippen LogP contribution in [0.4, 0.5) is 15.8 Å². The summed E-state index contributed by atoms with van der Waals surface area (Å²) in [5.74, 6) is -0.860. The van der Waals surface area contributed by atoms with Crippen molar-refractivity contribution in [2.75, 3.05) is 30.4 Å². The monoisotopic (exact) mass is 379 g/mol. The molecule has 138 valence electrons. The van der Waals surface area contributed by atoms with Crippen molar-refractivity contribution >= 4 is 34.8 Å². The Balaban J connectivity index is 2.12. The van der Waals surface area contributed by atoms with Crippen LogP contribution in [0.15, 0.2) is 42.5 Å². The zero-order valence-electron chi connectivity index (χ0n) is 14.2. The zero-order chi connectivity index (χ0) is 19.1. The number of carbonyl (C=O) groups is 2. The van der Waals surface area contributed by atoms with Crippen LogP contribution in [0, 0.1) is 5.82 Å². The van der Waals surface area contributed by atoms with Gasteiger partial charge in [-0.05, 0) is 42.5 Å². The summed E-state index contributed by atoms with van der Waals surface area (Å²) in [5, 5.41) is 2.79. The molecule has 2 amide bonds. The molecular weight excluding hydrogens is 361 g/mol. The number of anilines is 2. The second-order valence-corrected chi connectivity index (χ2v) is 5.94. The van der Waals surface area contributed by atoms with Gasteiger partial charge in [0.2, 0.25) is 11.8 Å². The summed E-state index contributed by atoms with van der Waals surface area (Å²) in [4.78, 5) is 25.1. The summed E-state index contributed by atoms with van der Waals surface area (Å²) in [5.41, 5.74) is 5.90. The van der Waals surface area contributed by atoms with Gasteiger partial charge in [0.1, 0.15) is 11.6 Å². The normalized spacial score (nSPS) is 10.3. The van der Waals surface area contributed by atoms with Crippen LogP contribution in [0.25, 0.3) is 0 Å². The maximum atomic E-state index is 13.8. The standard InChI is InChI=1S/C18H19ClFN3O3/c1-26-14-5-3-13(4-6-14)23(9-8-17(21)24)11-18(25)22-16-10-12(19)2-7-15(16)20/h2-7,10H,8-9,11H2,1H3,(H2,21,24)(H,22,25). The van der Waals surface area contributed by atoms with E-state index in [1.54, 1.807) is 36.3 Å². The van der Waals surface area contributed by atoms with Gasteiger partial charge in [0, 0.05) is 23.7 Å². The van der Waals surface area contributed by atoms with Crippen molar-refractivity contribution in [1.82, 2.24) is 0 Å². The Hall–Kier alpha value is -2.80. The molecule has 3 N–H and O–H groups in total. The van der Waals surface area contributed by atoms with Crippen LogP contribution in [0.2, 0.25) is 5.02 Å². The van der Waals surface area contributed by atoms with Gasteiger partial charge in [0.05, 0.1) is 19.3 Å². The van der Waals surface area contributed by atoms with E-state index in [0.717, 1.165) is 0 Å². The lowest BCUT2D eigenvalue weighted by Gasteiger charge is -2.24. The molecule has 26 heavy (non-hydrogen) atoms. The van der Waals surface area contributed by atoms with Crippen molar-refractivity contribution in [3.63, 3.8) is 0 Å². The highest BCUT2D eigenvalue weighted by molar-refractivity contribution is 6.30. The maximum absolute atomic E-state index is 13.8. The smallest absolute Gasteiger partial charge is 0.243 e. The lowest BCUT2D eigenvalue weighted by molar-refractivity contribution is -0.118. The Morgan fingerprint density at radius 1 is 1.23 bits per heavy atom. The molecule has 0 fully saturated rings. The van der Waals surface area contributed by atoms with E-state index in [0.29, 0.717) is 16.5 Å². The summed E-state index contributed by atoms with van der Waals surface area (Å²) in [6, 6.07) is 10.9. The molecule has 0 aliphatic carbocycles. The number of nitrogens with two attached hydrogens (primary N) is 1. The summed E-state index contributed by atoms with van der Waals surface area (Å²) >= 11 is 5.82. The zero-order valence-corrected chi connectivity index (χ0v) is 14.9. The molecule has 0 unspecified atom stereocenters. The molecule has 0 saturated carbocycles. The number of rotatable bonds is 8. The minimum atomic E-state index is -0.587. The van der Waals surface area contributed by atoms with Crippen LogP contribution in [0.1, 0.15) is 6.42 Å². The molecule has 0 atom stereocenters. The molecule has 2 aromatic rings. The number of methoxy groups -OCH3 is 1. The van der Waals surface area contributed by atoms with Gasteiger partial charge >= 0.3 is 0 Å². The molecule has 8 heteroatoms. The highest BCUT2D eigenvalue weighted by Crippen LogP contribution is 2.21. The first kappa shape index (κ1) is 19.5. The lowest BCUT2D eigenvalue weighted by Crippen LogP contribution is -2.35. The molecule has 0 spiro atoms. The Kier molecular flexibility index (Phi) is 6.80. The van der Waals surface area contributed by atoms with E-state index in [1.165, 1.54) is 18.2 Å². The van der Waals surface area contributed by atoms with E-state index < -0.39 is 17.6 Å². The molecule has 6 nitrogen and oxygen atoms in total. The van der Waals surface area contributed by atoms with Gasteiger partial charge in [-0.25, -0.2) is 4.39 Å². The van der Waals surface area contributed by atoms with E-state index in [-0.39, 0.29) is 25.2 Å². The van der Waals surface area contributed by atoms with Crippen molar-refractivity contribution in [3.05, 3.63) is 53.3 Å². The van der Waals surface area contributed by atoms with Crippen molar-refractivity contribution in [2.45, 2.75) is 6.42 Å². The van der Waals surface area contributed by atoms with Gasteiger partial charge in [-0.2, -0.15) is 0 Å². The molecule has 2 aromatic carbocycles. The topological polar surface area (TPSA) is 84.7 Å². The summed E-state index contributed by atoms with van der Waals surface area (Å²) in [7, 11) is 1.55. The molecule has 0 saturated heterocycles. The number of primary amides is 1. The number of hydrogen-bond donors (Lipinski definition) is 2. The first-order chi connectivity index (χ1) is 12.4. The predicted octanol–water partition coefficient (Wildman–Crippen LogP) is 2.81. The number of benzene rings is 2. The predicted molar refractivity (Wildman–Crippen MR) is 99.1 cm³/mol. The van der Waals surface area contributed by atoms with Crippen molar-refractivity contribution in [2.24, 2.45) is 5.73 Å². The van der Waals surface area contributed by atoms with Crippen LogP contribution < -0.4 is 20.7 Å². The molecular formula is C18H19ClFN3O3. The minimum Gasteiger partial charge on any atom is -0.497 e. The number of ether oxygens (including phenoxy) is 1. The largest absolute Gasteiger partial charge is 0.497 e. The van der Waals surface area contributed by atoms with Gasteiger partial charge in [-0.1, -0.05) is 11.6 Å². The maximum Gasteiger partial charge on any atom is 0.243 e. The minimum absolute atomic E-state index is 0.00733. The van der Waals surface area contributed by atoms with Crippen molar-refractivity contribution in [3.8, 4) is 5.75 Å². The summed E-state index contributed by atoms with van der Waals surface area (Å²) in [6.45, 7) is 0.151. The number of hydrogen-bond acceptors (Lipinski definition) is 4. The third-order valence-electron chi connectivity index (χ3n) is 3.60. The van der Waals surface area contributed by atoms with Gasteiger partial charge < -0.3 is 20.7 Å². The van der Waals surface area contributed by atoms with Crippen LogP contribution >= 0.6 is 11.6 Å². The van der Waals surface area contributed by atoms with Crippen LogP contribution in [-0.2, 0) is 9.59 Å². The van der Waals surface area contributed by atoms with Gasteiger partial charge in [0.15, 0.2) is 0 Å². The van der Waals surface area contributed by atoms with E-state index in [2.05, 4.69) is 5.32 Å². The fourth-order valence-corrected chi connectivity index (χ4v) is 2.47. The van der Waals surface area contributed by atoms with E-state index >= 15 is 0 Å². The van der Waals surface area contributed by atoms with E-state index in [1.807, 2.05) is 0 Å². The van der Waals surface area contributed by atoms with Crippen LogP contribution in [0.3, 0.4) is 0 Å². The quantitative estimate of drug-likeness (QED) is 0.738. The summed E-state index contributed by atoms with van der Waals surface area (Å²) < 4.78 is 18.9. The van der Waals surface area contributed by atoms with Gasteiger partial charge in [0.25, 0.3) is 0 Å². The molecule has 0 radical (unpaired) electrons. The highest BCUT2D eigenvalue weighted by atomic mass is 35.5. The molecule has 0 bridgehead atoms. The molecule has 0 aromatic heterocycles. The van der Waals surface area contributed by atoms with Gasteiger partial charge in [-0.15, -0.1) is 0 Å². The fraction of sp³-hybridized carbons (Fsp3) is 0.222. The number of halogens is 2. The summed E-state index contributed by atoms with van der Waals surface area (Å²) in [6.07, 6.45) is 0.0742. The Labute approximate surface area is 155 Å². The lowest BCUT2D eigenvalue weighted by atomic mass is 10.2. The van der Waals surface area contributed by atoms with Crippen LogP contribution in [0.5, 0.6) is 5.75 Å². The SMILES string of the molecule is COc1ccc(N(CCC(N)=O)CC(=O)Nc2cc(Cl)ccc2F)cc1. The third-order valence-corrected chi connectivity index (χ3v) is 3.84. The Morgan fingerprint density at radius 3 is 2.54 bits per heavy atom. The Bertz CT molecular complexity index is 784. The third kappa shape index (κ3) is 5.63. The molecule has 0 heterocycles. The molecule has 0 aliphatic rings. The molecule has 0 aliphatic heterocycles. The van der Waals surface area contributed by atoms with Crippen LogP contribution in [-0.4, -0.2) is 32.0 Å². The fourth-order valence-electron chi connectivity index (χ4n) is 2.29. The Morgan fingerprint density at radius 2 is 1.92 bits per heavy atom. The second-order valence-electron chi connectivity index (χ2n) is 5.51. The van der Waals surface area contributed by atoms with E-state index in [4.69, 9.17) is 22.1 Å². The first-order valence-electron chi connectivity index (χ1n) is 7.81. The first-order valence-corrected chi connectivity index (χ1v) is 8.19. The number of nitrogens with zero attached hydrogens (tertiary/aromatic N) is 1. The number of carbonyl (C=O) groups excluding carboxylic acids is 2. The van der Waals surface area contributed by atoms with E-state index in [9.17, 15) is 14.0 Å². The average molecular weight is 380 g/mol. The van der Waals surface area contributed by atoms with Crippen molar-refractivity contribution < 1.29 is 18.7 Å². The second kappa shape index (κ2) is 9.05. The number of nitrogens with one attached hydrogen (secondary N) is 1. The average Bonchev–Trinajstić information content (AvgIpc) is 2.61. The highest BCUT2D eigenvalue weighted by Gasteiger charge is 2.15. The number of amides is 2.